The lowest BCUT2D eigenvalue weighted by Gasteiger charge is -2.30. The minimum atomic E-state index is -0.0195. The summed E-state index contributed by atoms with van der Waals surface area (Å²) in [5.74, 6) is 0.801. The number of nitrogens with zero attached hydrogens (tertiary/aromatic N) is 1. The number of rotatable bonds is 4. The Bertz CT molecular complexity index is 470. The van der Waals surface area contributed by atoms with E-state index in [0.29, 0.717) is 22.9 Å². The highest BCUT2D eigenvalue weighted by Crippen LogP contribution is 2.23. The maximum Gasteiger partial charge on any atom is 0.238 e. The van der Waals surface area contributed by atoms with E-state index in [1.54, 1.807) is 18.2 Å². The van der Waals surface area contributed by atoms with Gasteiger partial charge in [-0.15, -0.1) is 0 Å². The predicted molar refractivity (Wildman–Crippen MR) is 83.9 cm³/mol. The van der Waals surface area contributed by atoms with Crippen LogP contribution in [0.25, 0.3) is 0 Å². The molecule has 110 valence electrons. The molecule has 4 nitrogen and oxygen atoms in total. The van der Waals surface area contributed by atoms with Gasteiger partial charge < -0.3 is 11.1 Å². The zero-order valence-electron chi connectivity index (χ0n) is 11.9. The number of nitrogens with one attached hydrogen (secondary N) is 1. The minimum absolute atomic E-state index is 0.0195. The molecule has 1 amide bonds. The van der Waals surface area contributed by atoms with Crippen molar-refractivity contribution in [2.75, 3.05) is 30.7 Å². The summed E-state index contributed by atoms with van der Waals surface area (Å²) in [5, 5.41) is 3.42. The summed E-state index contributed by atoms with van der Waals surface area (Å²) in [7, 11) is 0. The van der Waals surface area contributed by atoms with Gasteiger partial charge in [0.15, 0.2) is 0 Å². The molecular weight excluding hydrogens is 274 g/mol. The summed E-state index contributed by atoms with van der Waals surface area (Å²) >= 11 is 5.84. The molecule has 1 aliphatic heterocycles. The average molecular weight is 296 g/mol. The number of amides is 1. The van der Waals surface area contributed by atoms with E-state index in [1.807, 2.05) is 0 Å². The molecule has 0 radical (unpaired) electrons. The molecule has 20 heavy (non-hydrogen) atoms. The average Bonchev–Trinajstić information content (AvgIpc) is 2.43. The van der Waals surface area contributed by atoms with E-state index < -0.39 is 0 Å². The number of likely N-dealkylation sites (tertiary alicyclic amines) is 1. The van der Waals surface area contributed by atoms with E-state index in [2.05, 4.69) is 17.1 Å². The van der Waals surface area contributed by atoms with Crippen LogP contribution in [0.15, 0.2) is 18.2 Å². The Kier molecular flexibility index (Phi) is 5.26. The second-order valence-electron chi connectivity index (χ2n) is 5.41. The van der Waals surface area contributed by atoms with Crippen molar-refractivity contribution < 1.29 is 4.79 Å². The van der Waals surface area contributed by atoms with Crippen LogP contribution in [0.1, 0.15) is 26.2 Å². The molecule has 1 fully saturated rings. The van der Waals surface area contributed by atoms with Crippen molar-refractivity contribution >= 4 is 28.9 Å². The highest BCUT2D eigenvalue weighted by atomic mass is 35.5. The van der Waals surface area contributed by atoms with Gasteiger partial charge in [-0.1, -0.05) is 24.9 Å². The lowest BCUT2D eigenvalue weighted by molar-refractivity contribution is -0.117. The first-order valence-electron chi connectivity index (χ1n) is 7.15. The summed E-state index contributed by atoms with van der Waals surface area (Å²) in [5.41, 5.74) is 6.95. The van der Waals surface area contributed by atoms with E-state index in [4.69, 9.17) is 17.3 Å². The highest BCUT2D eigenvalue weighted by Gasteiger charge is 2.19. The van der Waals surface area contributed by atoms with E-state index in [1.165, 1.54) is 19.3 Å². The Morgan fingerprint density at radius 2 is 2.15 bits per heavy atom. The maximum atomic E-state index is 12.0. The summed E-state index contributed by atoms with van der Waals surface area (Å²) in [6.07, 6.45) is 3.61. The molecule has 0 saturated carbocycles. The van der Waals surface area contributed by atoms with Crippen LogP contribution >= 0.6 is 11.6 Å². The third-order valence-electron chi connectivity index (χ3n) is 3.94. The summed E-state index contributed by atoms with van der Waals surface area (Å²) in [4.78, 5) is 14.2. The third-order valence-corrected chi connectivity index (χ3v) is 4.17. The largest absolute Gasteiger partial charge is 0.397 e. The van der Waals surface area contributed by atoms with Gasteiger partial charge in [0.25, 0.3) is 0 Å². The Morgan fingerprint density at radius 1 is 1.45 bits per heavy atom. The molecule has 0 atom stereocenters. The quantitative estimate of drug-likeness (QED) is 0.840. The lowest BCUT2D eigenvalue weighted by atomic mass is 9.94. The first kappa shape index (κ1) is 15.1. The fourth-order valence-corrected chi connectivity index (χ4v) is 2.77. The van der Waals surface area contributed by atoms with Crippen molar-refractivity contribution in [3.63, 3.8) is 0 Å². The van der Waals surface area contributed by atoms with Crippen molar-refractivity contribution in [3.8, 4) is 0 Å². The molecule has 1 aromatic carbocycles. The molecule has 0 aromatic heterocycles. The second-order valence-corrected chi connectivity index (χ2v) is 5.84. The van der Waals surface area contributed by atoms with E-state index in [0.717, 1.165) is 19.0 Å². The number of nitrogens with two attached hydrogens (primary N) is 1. The normalized spacial score (nSPS) is 17.1. The Hall–Kier alpha value is -1.26. The van der Waals surface area contributed by atoms with Crippen molar-refractivity contribution in [1.29, 1.82) is 0 Å². The van der Waals surface area contributed by atoms with Gasteiger partial charge in [0, 0.05) is 5.02 Å². The number of carbonyl (C=O) groups is 1. The zero-order chi connectivity index (χ0) is 14.5. The minimum Gasteiger partial charge on any atom is -0.397 e. The van der Waals surface area contributed by atoms with Crippen molar-refractivity contribution in [2.24, 2.45) is 5.92 Å². The van der Waals surface area contributed by atoms with Gasteiger partial charge in [-0.3, -0.25) is 9.69 Å². The van der Waals surface area contributed by atoms with Crippen LogP contribution in [0.2, 0.25) is 5.02 Å². The summed E-state index contributed by atoms with van der Waals surface area (Å²) < 4.78 is 0. The van der Waals surface area contributed by atoms with Crippen molar-refractivity contribution in [2.45, 2.75) is 26.2 Å². The van der Waals surface area contributed by atoms with Crippen molar-refractivity contribution in [3.05, 3.63) is 23.2 Å². The Balaban J connectivity index is 1.84. The molecule has 1 aromatic rings. The number of hydrogen-bond acceptors (Lipinski definition) is 3. The van der Waals surface area contributed by atoms with Crippen LogP contribution in [0.3, 0.4) is 0 Å². The molecule has 0 aliphatic carbocycles. The van der Waals surface area contributed by atoms with Gasteiger partial charge in [-0.25, -0.2) is 0 Å². The van der Waals surface area contributed by atoms with Gasteiger partial charge in [-0.2, -0.15) is 0 Å². The van der Waals surface area contributed by atoms with Crippen LogP contribution in [0.5, 0.6) is 0 Å². The molecular formula is C15H22ClN3O. The van der Waals surface area contributed by atoms with Crippen LogP contribution in [0.4, 0.5) is 11.4 Å². The number of piperidine rings is 1. The van der Waals surface area contributed by atoms with E-state index in [9.17, 15) is 4.79 Å². The van der Waals surface area contributed by atoms with Crippen LogP contribution in [-0.2, 0) is 4.79 Å². The Labute approximate surface area is 125 Å². The predicted octanol–water partition coefficient (Wildman–Crippen LogP) is 2.98. The fourth-order valence-electron chi connectivity index (χ4n) is 2.59. The molecule has 0 spiro atoms. The number of carbonyl (C=O) groups excluding carboxylic acids is 1. The summed E-state index contributed by atoms with van der Waals surface area (Å²) in [6.45, 7) is 4.67. The Morgan fingerprint density at radius 3 is 2.75 bits per heavy atom. The smallest absolute Gasteiger partial charge is 0.238 e. The number of anilines is 2. The molecule has 0 unspecified atom stereocenters. The molecule has 3 N–H and O–H groups in total. The van der Waals surface area contributed by atoms with E-state index in [-0.39, 0.29) is 5.91 Å². The van der Waals surface area contributed by atoms with Crippen LogP contribution < -0.4 is 11.1 Å². The lowest BCUT2D eigenvalue weighted by Crippen LogP contribution is -2.39. The van der Waals surface area contributed by atoms with Gasteiger partial charge in [0.1, 0.15) is 0 Å². The van der Waals surface area contributed by atoms with Crippen molar-refractivity contribution in [1.82, 2.24) is 4.90 Å². The topological polar surface area (TPSA) is 58.4 Å². The van der Waals surface area contributed by atoms with Gasteiger partial charge in [-0.05, 0) is 50.0 Å². The molecule has 1 heterocycles. The second kappa shape index (κ2) is 6.95. The fraction of sp³-hybridized carbons (Fsp3) is 0.533. The molecule has 5 heteroatoms. The van der Waals surface area contributed by atoms with Gasteiger partial charge in [0.05, 0.1) is 17.9 Å². The molecule has 2 rings (SSSR count). The maximum absolute atomic E-state index is 12.0. The highest BCUT2D eigenvalue weighted by molar-refractivity contribution is 6.31. The first-order chi connectivity index (χ1) is 9.58. The number of benzene rings is 1. The standard InChI is InChI=1S/C15H22ClN3O/c1-2-11-5-7-19(8-6-11)10-15(20)18-14-4-3-12(16)9-13(14)17/h3-4,9,11H,2,5-8,10,17H2,1H3,(H,18,20). The summed E-state index contributed by atoms with van der Waals surface area (Å²) in [6, 6.07) is 5.10. The van der Waals surface area contributed by atoms with Gasteiger partial charge in [0.2, 0.25) is 5.91 Å². The number of nitrogen functional groups attached to an aromatic ring is 1. The molecule has 0 bridgehead atoms. The SMILES string of the molecule is CCC1CCN(CC(=O)Nc2ccc(Cl)cc2N)CC1. The van der Waals surface area contributed by atoms with Crippen LogP contribution in [-0.4, -0.2) is 30.4 Å². The number of halogens is 1. The van der Waals surface area contributed by atoms with Crippen LogP contribution in [0, 0.1) is 5.92 Å². The first-order valence-corrected chi connectivity index (χ1v) is 7.53. The number of hydrogen-bond donors (Lipinski definition) is 2. The monoisotopic (exact) mass is 295 g/mol. The van der Waals surface area contributed by atoms with E-state index >= 15 is 0 Å². The molecule has 1 saturated heterocycles. The van der Waals surface area contributed by atoms with Gasteiger partial charge >= 0.3 is 0 Å². The molecule has 1 aliphatic rings. The zero-order valence-corrected chi connectivity index (χ0v) is 12.6. The third kappa shape index (κ3) is 4.12.